The zero-order chi connectivity index (χ0) is 14.9. The molecule has 2 saturated carbocycles. The van der Waals surface area contributed by atoms with Crippen LogP contribution in [0.2, 0.25) is 0 Å². The number of fused-ring (bicyclic) bond motifs is 2. The maximum Gasteiger partial charge on any atom is -0.358 e. The Morgan fingerprint density at radius 2 is 2.00 bits per heavy atom. The monoisotopic (exact) mass is 395 g/mol. The van der Waals surface area contributed by atoms with E-state index in [1.54, 1.807) is 0 Å². The van der Waals surface area contributed by atoms with E-state index in [9.17, 15) is 0 Å². The molecule has 0 N–H and O–H groups in total. The second-order valence-electron chi connectivity index (χ2n) is 7.48. The molecule has 0 aliphatic heterocycles. The summed E-state index contributed by atoms with van der Waals surface area (Å²) in [6, 6.07) is 8.56. The summed E-state index contributed by atoms with van der Waals surface area (Å²) in [7, 11) is 0. The Hall–Kier alpha value is -0.292. The molecule has 0 radical (unpaired) electrons. The van der Waals surface area contributed by atoms with Gasteiger partial charge in [0, 0.05) is 0 Å². The molecule has 0 amide bonds. The third-order valence-electron chi connectivity index (χ3n) is 5.32. The molecule has 2 bridgehead atoms. The fourth-order valence-electron chi connectivity index (χ4n) is 4.11. The van der Waals surface area contributed by atoms with Gasteiger partial charge in [-0.25, -0.2) is 0 Å². The van der Waals surface area contributed by atoms with Gasteiger partial charge in [-0.2, -0.15) is 0 Å². The van der Waals surface area contributed by atoms with E-state index in [1.807, 2.05) is 19.6 Å². The van der Waals surface area contributed by atoms with E-state index in [1.165, 1.54) is 31.2 Å². The number of benzene rings is 1. The van der Waals surface area contributed by atoms with Gasteiger partial charge in [0.15, 0.2) is 0 Å². The van der Waals surface area contributed by atoms with Crippen LogP contribution >= 0.6 is 0 Å². The van der Waals surface area contributed by atoms with Crippen molar-refractivity contribution in [3.05, 3.63) is 57.5 Å². The molecular weight excluding hydrogens is 362 g/mol. The molecule has 0 spiro atoms. The molecule has 2 aliphatic carbocycles. The molecule has 0 saturated heterocycles. The summed E-state index contributed by atoms with van der Waals surface area (Å²) in [6.07, 6.45) is 12.0. The van der Waals surface area contributed by atoms with Crippen molar-refractivity contribution in [3.8, 4) is 0 Å². The van der Waals surface area contributed by atoms with Crippen LogP contribution in [0.15, 0.2) is 27.8 Å². The Morgan fingerprint density at radius 3 is 2.61 bits per heavy atom. The van der Waals surface area contributed by atoms with Gasteiger partial charge in [0.25, 0.3) is 0 Å². The minimum Gasteiger partial charge on any atom is -0.358 e. The fourth-order valence-corrected chi connectivity index (χ4v) is 4.55. The van der Waals surface area contributed by atoms with E-state index in [-0.39, 0.29) is 14.9 Å². The van der Waals surface area contributed by atoms with Crippen molar-refractivity contribution >= 4 is 5.69 Å². The normalized spacial score (nSPS) is 25.7. The van der Waals surface area contributed by atoms with Crippen LogP contribution < -0.4 is 0 Å². The van der Waals surface area contributed by atoms with E-state index in [0.717, 1.165) is 29.9 Å². The zero-order valence-corrected chi connectivity index (χ0v) is 17.1. The maximum absolute atomic E-state index is 4.40. The van der Waals surface area contributed by atoms with E-state index >= 15 is 0 Å². The van der Waals surface area contributed by atoms with Gasteiger partial charge in [-0.15, -0.1) is 0 Å². The molecule has 0 aromatic heterocycles. The first-order valence-electron chi connectivity index (χ1n) is 8.20. The molecule has 2 heteroatoms. The zero-order valence-electron chi connectivity index (χ0n) is 15.1. The third-order valence-corrected chi connectivity index (χ3v) is 5.81. The fraction of sp³-hybridized carbons (Fsp3) is 0.524. The first-order valence-corrected chi connectivity index (χ1v) is 9.09. The van der Waals surface area contributed by atoms with Crippen molar-refractivity contribution in [1.82, 2.24) is 0 Å². The van der Waals surface area contributed by atoms with Crippen LogP contribution in [0.4, 0.5) is 5.69 Å². The molecule has 1 aromatic rings. The SMILES string of the molecule is CC(C)([CH-]C1[CH-]C2CCC1C2)CCc1ccccc1[N]=[Mo+4].[CH3-].[CH3-]. The van der Waals surface area contributed by atoms with E-state index < -0.39 is 0 Å². The van der Waals surface area contributed by atoms with Gasteiger partial charge >= 0.3 is 141 Å². The first kappa shape index (κ1) is 20.8. The average molecular weight is 393 g/mol. The van der Waals surface area contributed by atoms with Crippen molar-refractivity contribution in [1.29, 1.82) is 0 Å². The van der Waals surface area contributed by atoms with Gasteiger partial charge < -0.3 is 14.9 Å². The van der Waals surface area contributed by atoms with Crippen LogP contribution in [-0.2, 0) is 26.1 Å². The molecule has 1 aromatic carbocycles. The maximum atomic E-state index is 4.40. The van der Waals surface area contributed by atoms with E-state index in [4.69, 9.17) is 0 Å². The Balaban J connectivity index is 0.00000132. The molecule has 0 heterocycles. The predicted molar refractivity (Wildman–Crippen MR) is 96.4 cm³/mol. The summed E-state index contributed by atoms with van der Waals surface area (Å²) >= 11 is 1.82. The second kappa shape index (κ2) is 8.70. The second-order valence-corrected chi connectivity index (χ2v) is 7.93. The summed E-state index contributed by atoms with van der Waals surface area (Å²) in [5, 5.41) is 0. The van der Waals surface area contributed by atoms with Crippen LogP contribution in [0.25, 0.3) is 0 Å². The van der Waals surface area contributed by atoms with Crippen molar-refractivity contribution in [2.45, 2.75) is 46.0 Å². The van der Waals surface area contributed by atoms with Gasteiger partial charge in [0.05, 0.1) is 0 Å². The minimum atomic E-state index is 0. The van der Waals surface area contributed by atoms with Gasteiger partial charge in [0.1, 0.15) is 0 Å². The number of rotatable bonds is 6. The number of aryl methyl sites for hydroxylation is 1. The summed E-state index contributed by atoms with van der Waals surface area (Å²) in [4.78, 5) is 0. The largest absolute Gasteiger partial charge is 0.358 e. The molecule has 23 heavy (non-hydrogen) atoms. The molecule has 3 rings (SSSR count). The van der Waals surface area contributed by atoms with Crippen molar-refractivity contribution in [3.63, 3.8) is 0 Å². The van der Waals surface area contributed by atoms with Crippen molar-refractivity contribution in [2.75, 3.05) is 0 Å². The number of hydrogen-bond acceptors (Lipinski definition) is 1. The van der Waals surface area contributed by atoms with E-state index in [0.29, 0.717) is 5.41 Å². The van der Waals surface area contributed by atoms with Gasteiger partial charge in [-0.3, -0.25) is 0 Å². The summed E-state index contributed by atoms with van der Waals surface area (Å²) in [5.41, 5.74) is 2.86. The van der Waals surface area contributed by atoms with Crippen LogP contribution in [0.5, 0.6) is 0 Å². The molecule has 126 valence electrons. The molecule has 2 fully saturated rings. The Morgan fingerprint density at radius 1 is 1.26 bits per heavy atom. The van der Waals surface area contributed by atoms with Gasteiger partial charge in [0.2, 0.25) is 0 Å². The predicted octanol–water partition coefficient (Wildman–Crippen LogP) is 6.36. The van der Waals surface area contributed by atoms with Gasteiger partial charge in [-0.05, 0) is 0 Å². The first-order chi connectivity index (χ1) is 10.1. The van der Waals surface area contributed by atoms with Crippen LogP contribution in [0.1, 0.15) is 45.1 Å². The molecular formula is C21H31MoN. The van der Waals surface area contributed by atoms with Crippen LogP contribution in [0, 0.1) is 50.9 Å². The summed E-state index contributed by atoms with van der Waals surface area (Å²) < 4.78 is 4.40. The molecule has 3 unspecified atom stereocenters. The van der Waals surface area contributed by atoms with Crippen molar-refractivity contribution in [2.24, 2.45) is 26.7 Å². The minimum absolute atomic E-state index is 0. The van der Waals surface area contributed by atoms with E-state index in [2.05, 4.69) is 54.5 Å². The van der Waals surface area contributed by atoms with Crippen molar-refractivity contribution < 1.29 is 19.6 Å². The molecule has 1 nitrogen and oxygen atoms in total. The Kier molecular flexibility index (Phi) is 7.85. The molecule has 3 atom stereocenters. The van der Waals surface area contributed by atoms with Crippen LogP contribution in [0.3, 0.4) is 0 Å². The standard InChI is InChI=1S/C19H25N.2CH3.Mo/c1-19(2,10-9-15-5-3-4-6-18(15)20)13-17-12-14-7-8-16(17)11-14;;;/h3-6,12-14,16-17H,7-11H2,1-2H3;2*1H3;/q-2;2*-1;+4. The number of nitrogens with zero attached hydrogens (tertiary/aromatic N) is 1. The van der Waals surface area contributed by atoms with Gasteiger partial charge in [-0.1, -0.05) is 0 Å². The smallest absolute Gasteiger partial charge is 0.358 e. The number of hydrogen-bond donors (Lipinski definition) is 0. The molecule has 2 aliphatic rings. The Bertz CT molecular complexity index is 508. The summed E-state index contributed by atoms with van der Waals surface area (Å²) in [6.45, 7) is 4.80. The summed E-state index contributed by atoms with van der Waals surface area (Å²) in [5.74, 6) is 2.64. The quantitative estimate of drug-likeness (QED) is 0.394. The van der Waals surface area contributed by atoms with Crippen LogP contribution in [-0.4, -0.2) is 0 Å². The Labute approximate surface area is 155 Å². The average Bonchev–Trinajstić information content (AvgIpc) is 3.07. The third kappa shape index (κ3) is 5.09. The topological polar surface area (TPSA) is 12.4 Å².